The Bertz CT molecular complexity index is 700. The Kier molecular flexibility index (Phi) is 1.71. The van der Waals surface area contributed by atoms with Crippen LogP contribution in [0.4, 0.5) is 0 Å². The number of aromatic carboxylic acids is 1. The molecule has 3 aromatic rings. The molecule has 2 heterocycles. The van der Waals surface area contributed by atoms with Crippen molar-refractivity contribution in [3.05, 3.63) is 42.2 Å². The summed E-state index contributed by atoms with van der Waals surface area (Å²) >= 11 is 0. The lowest BCUT2D eigenvalue weighted by Crippen LogP contribution is -1.99. The standard InChI is InChI=1S/C12H7NO3/c14-12(15)11-10-7-3-1-2-4-8(7)16-9(10)5-6-13-11/h1-6H,(H,14,15). The van der Waals surface area contributed by atoms with Gasteiger partial charge in [-0.15, -0.1) is 0 Å². The Morgan fingerprint density at radius 1 is 1.19 bits per heavy atom. The van der Waals surface area contributed by atoms with E-state index in [9.17, 15) is 4.79 Å². The van der Waals surface area contributed by atoms with Gasteiger partial charge in [0.1, 0.15) is 11.2 Å². The lowest BCUT2D eigenvalue weighted by molar-refractivity contribution is 0.0693. The van der Waals surface area contributed by atoms with Crippen molar-refractivity contribution < 1.29 is 14.3 Å². The van der Waals surface area contributed by atoms with Crippen LogP contribution in [0.3, 0.4) is 0 Å². The van der Waals surface area contributed by atoms with Gasteiger partial charge >= 0.3 is 5.97 Å². The first kappa shape index (κ1) is 8.91. The Morgan fingerprint density at radius 3 is 2.81 bits per heavy atom. The average Bonchev–Trinajstić information content (AvgIpc) is 2.66. The molecule has 0 aliphatic carbocycles. The second-order valence-electron chi connectivity index (χ2n) is 3.44. The average molecular weight is 213 g/mol. The predicted octanol–water partition coefficient (Wildman–Crippen LogP) is 2.68. The number of furan rings is 1. The molecule has 4 nitrogen and oxygen atoms in total. The molecule has 0 saturated carbocycles. The Hall–Kier alpha value is -2.36. The zero-order valence-electron chi connectivity index (χ0n) is 8.18. The van der Waals surface area contributed by atoms with Gasteiger partial charge in [0.2, 0.25) is 0 Å². The molecule has 2 aromatic heterocycles. The van der Waals surface area contributed by atoms with Gasteiger partial charge < -0.3 is 9.52 Å². The topological polar surface area (TPSA) is 63.3 Å². The summed E-state index contributed by atoms with van der Waals surface area (Å²) in [6, 6.07) is 8.99. The molecule has 1 N–H and O–H groups in total. The summed E-state index contributed by atoms with van der Waals surface area (Å²) in [6.45, 7) is 0. The van der Waals surface area contributed by atoms with Crippen LogP contribution in [0.25, 0.3) is 21.9 Å². The maximum Gasteiger partial charge on any atom is 0.355 e. The van der Waals surface area contributed by atoms with Crippen LogP contribution in [0.5, 0.6) is 0 Å². The quantitative estimate of drug-likeness (QED) is 0.675. The molecule has 0 aliphatic heterocycles. The van der Waals surface area contributed by atoms with Gasteiger partial charge in [0, 0.05) is 11.6 Å². The molecule has 0 bridgehead atoms. The smallest absolute Gasteiger partial charge is 0.355 e. The number of carbonyl (C=O) groups is 1. The number of aromatic nitrogens is 1. The summed E-state index contributed by atoms with van der Waals surface area (Å²) in [6.07, 6.45) is 1.44. The predicted molar refractivity (Wildman–Crippen MR) is 58.5 cm³/mol. The maximum atomic E-state index is 11.1. The van der Waals surface area contributed by atoms with Crippen LogP contribution < -0.4 is 0 Å². The molecular formula is C12H7NO3. The molecule has 0 radical (unpaired) electrons. The summed E-state index contributed by atoms with van der Waals surface area (Å²) in [5, 5.41) is 10.4. The number of rotatable bonds is 1. The monoisotopic (exact) mass is 213 g/mol. The number of para-hydroxylation sites is 1. The fourth-order valence-corrected chi connectivity index (χ4v) is 1.83. The first-order valence-corrected chi connectivity index (χ1v) is 4.77. The van der Waals surface area contributed by atoms with Gasteiger partial charge in [-0.25, -0.2) is 9.78 Å². The number of benzene rings is 1. The van der Waals surface area contributed by atoms with E-state index in [1.165, 1.54) is 6.20 Å². The van der Waals surface area contributed by atoms with E-state index in [0.29, 0.717) is 16.6 Å². The first-order valence-electron chi connectivity index (χ1n) is 4.77. The summed E-state index contributed by atoms with van der Waals surface area (Å²) < 4.78 is 5.54. The number of nitrogens with zero attached hydrogens (tertiary/aromatic N) is 1. The van der Waals surface area contributed by atoms with Crippen molar-refractivity contribution in [2.45, 2.75) is 0 Å². The van der Waals surface area contributed by atoms with Crippen molar-refractivity contribution >= 4 is 27.9 Å². The number of fused-ring (bicyclic) bond motifs is 3. The van der Waals surface area contributed by atoms with Gasteiger partial charge in [0.15, 0.2) is 5.69 Å². The highest BCUT2D eigenvalue weighted by molar-refractivity contribution is 6.13. The fraction of sp³-hybridized carbons (Fsp3) is 0. The second-order valence-corrected chi connectivity index (χ2v) is 3.44. The number of hydrogen-bond acceptors (Lipinski definition) is 3. The van der Waals surface area contributed by atoms with Crippen LogP contribution in [-0.4, -0.2) is 16.1 Å². The van der Waals surface area contributed by atoms with E-state index in [1.807, 2.05) is 18.2 Å². The van der Waals surface area contributed by atoms with Crippen LogP contribution >= 0.6 is 0 Å². The van der Waals surface area contributed by atoms with E-state index < -0.39 is 5.97 Å². The van der Waals surface area contributed by atoms with Gasteiger partial charge in [0.05, 0.1) is 5.39 Å². The Balaban J connectivity index is 2.57. The molecule has 1 aromatic carbocycles. The normalized spacial score (nSPS) is 11.0. The summed E-state index contributed by atoms with van der Waals surface area (Å²) in [5.74, 6) is -1.04. The largest absolute Gasteiger partial charge is 0.476 e. The van der Waals surface area contributed by atoms with E-state index >= 15 is 0 Å². The van der Waals surface area contributed by atoms with Crippen molar-refractivity contribution in [3.63, 3.8) is 0 Å². The number of carboxylic acids is 1. The molecule has 4 heteroatoms. The molecule has 0 aliphatic rings. The molecule has 0 amide bonds. The lowest BCUT2D eigenvalue weighted by atomic mass is 10.1. The summed E-state index contributed by atoms with van der Waals surface area (Å²) in [5.41, 5.74) is 1.25. The van der Waals surface area contributed by atoms with Crippen LogP contribution in [0.15, 0.2) is 40.9 Å². The minimum atomic E-state index is -1.04. The minimum Gasteiger partial charge on any atom is -0.476 e. The molecule has 78 valence electrons. The van der Waals surface area contributed by atoms with E-state index in [2.05, 4.69) is 4.98 Å². The van der Waals surface area contributed by atoms with Crippen molar-refractivity contribution in [3.8, 4) is 0 Å². The van der Waals surface area contributed by atoms with Crippen molar-refractivity contribution in [1.29, 1.82) is 0 Å². The molecule has 0 fully saturated rings. The molecule has 0 atom stereocenters. The maximum absolute atomic E-state index is 11.1. The molecule has 0 unspecified atom stereocenters. The second kappa shape index (κ2) is 3.06. The minimum absolute atomic E-state index is 0.0300. The third-order valence-electron chi connectivity index (χ3n) is 2.49. The fourth-order valence-electron chi connectivity index (χ4n) is 1.83. The highest BCUT2D eigenvalue weighted by Crippen LogP contribution is 2.29. The number of carboxylic acid groups (broad SMARTS) is 1. The first-order chi connectivity index (χ1) is 7.77. The number of hydrogen-bond donors (Lipinski definition) is 1. The van der Waals surface area contributed by atoms with Gasteiger partial charge in [-0.1, -0.05) is 18.2 Å². The zero-order valence-corrected chi connectivity index (χ0v) is 8.18. The van der Waals surface area contributed by atoms with Crippen LogP contribution in [-0.2, 0) is 0 Å². The Labute approximate surface area is 90.1 Å². The Morgan fingerprint density at radius 2 is 2.00 bits per heavy atom. The zero-order chi connectivity index (χ0) is 11.1. The van der Waals surface area contributed by atoms with E-state index in [-0.39, 0.29) is 5.69 Å². The molecule has 0 saturated heterocycles. The van der Waals surface area contributed by atoms with E-state index in [0.717, 1.165) is 5.39 Å². The summed E-state index contributed by atoms with van der Waals surface area (Å²) in [7, 11) is 0. The number of pyridine rings is 1. The van der Waals surface area contributed by atoms with Gasteiger partial charge in [-0.3, -0.25) is 0 Å². The van der Waals surface area contributed by atoms with Crippen LogP contribution in [0, 0.1) is 0 Å². The van der Waals surface area contributed by atoms with E-state index in [1.54, 1.807) is 12.1 Å². The third kappa shape index (κ3) is 1.10. The van der Waals surface area contributed by atoms with Crippen LogP contribution in [0.1, 0.15) is 10.5 Å². The lowest BCUT2D eigenvalue weighted by Gasteiger charge is -1.94. The highest BCUT2D eigenvalue weighted by atomic mass is 16.4. The SMILES string of the molecule is O=C(O)c1nccc2oc3ccccc3c12. The van der Waals surface area contributed by atoms with Gasteiger partial charge in [-0.05, 0) is 12.1 Å². The van der Waals surface area contributed by atoms with Crippen molar-refractivity contribution in [1.82, 2.24) is 4.98 Å². The third-order valence-corrected chi connectivity index (χ3v) is 2.49. The summed E-state index contributed by atoms with van der Waals surface area (Å²) in [4.78, 5) is 14.9. The van der Waals surface area contributed by atoms with Crippen molar-refractivity contribution in [2.75, 3.05) is 0 Å². The molecular weight excluding hydrogens is 206 g/mol. The van der Waals surface area contributed by atoms with Gasteiger partial charge in [0.25, 0.3) is 0 Å². The highest BCUT2D eigenvalue weighted by Gasteiger charge is 2.15. The van der Waals surface area contributed by atoms with Gasteiger partial charge in [-0.2, -0.15) is 0 Å². The molecule has 0 spiro atoms. The van der Waals surface area contributed by atoms with Crippen LogP contribution in [0.2, 0.25) is 0 Å². The molecule has 3 rings (SSSR count). The van der Waals surface area contributed by atoms with Crippen molar-refractivity contribution in [2.24, 2.45) is 0 Å². The molecule has 16 heavy (non-hydrogen) atoms. The van der Waals surface area contributed by atoms with E-state index in [4.69, 9.17) is 9.52 Å².